The van der Waals surface area contributed by atoms with Crippen LogP contribution in [0.5, 0.6) is 0 Å². The third kappa shape index (κ3) is 4.51. The van der Waals surface area contributed by atoms with Gasteiger partial charge >= 0.3 is 12.1 Å². The van der Waals surface area contributed by atoms with Crippen LogP contribution in [0, 0.1) is 5.41 Å². The second kappa shape index (κ2) is 9.26. The summed E-state index contributed by atoms with van der Waals surface area (Å²) in [4.78, 5) is 13.9. The molecule has 2 saturated carbocycles. The van der Waals surface area contributed by atoms with Gasteiger partial charge in [-0.2, -0.15) is 13.2 Å². The molecule has 2 aromatic heterocycles. The number of fused-ring (bicyclic) bond motifs is 1. The number of carboxylic acid groups (broad SMARTS) is 1. The number of aromatic carboxylic acids is 1. The van der Waals surface area contributed by atoms with Crippen molar-refractivity contribution < 1.29 is 27.6 Å². The highest BCUT2D eigenvalue weighted by Gasteiger charge is 2.44. The highest BCUT2D eigenvalue weighted by Crippen LogP contribution is 2.54. The summed E-state index contributed by atoms with van der Waals surface area (Å²) in [6, 6.07) is 11.6. The second-order valence-corrected chi connectivity index (χ2v) is 11.9. The van der Waals surface area contributed by atoms with E-state index in [-0.39, 0.29) is 22.6 Å². The zero-order chi connectivity index (χ0) is 28.5. The summed E-state index contributed by atoms with van der Waals surface area (Å²) in [5.74, 6) is 0.0122. The first kappa shape index (κ1) is 25.9. The maximum Gasteiger partial charge on any atom is 0.417 e. The van der Waals surface area contributed by atoms with Crippen molar-refractivity contribution in [2.45, 2.75) is 50.6 Å². The smallest absolute Gasteiger partial charge is 0.417 e. The van der Waals surface area contributed by atoms with Gasteiger partial charge in [0.2, 0.25) is 0 Å². The fraction of sp³-hybridized carbons (Fsp3) is 0.375. The van der Waals surface area contributed by atoms with Crippen LogP contribution >= 0.6 is 0 Å². The van der Waals surface area contributed by atoms with E-state index in [9.17, 15) is 23.1 Å². The fourth-order valence-corrected chi connectivity index (χ4v) is 6.77. The van der Waals surface area contributed by atoms with Crippen LogP contribution in [0.4, 0.5) is 18.9 Å². The molecule has 0 unspecified atom stereocenters. The highest BCUT2D eigenvalue weighted by molar-refractivity contribution is 6.04. The molecule has 6 nitrogen and oxygen atoms in total. The maximum atomic E-state index is 13.8. The lowest BCUT2D eigenvalue weighted by molar-refractivity contribution is -0.137. The van der Waals surface area contributed by atoms with Gasteiger partial charge in [-0.1, -0.05) is 28.9 Å². The Balaban J connectivity index is 1.09. The van der Waals surface area contributed by atoms with Crippen molar-refractivity contribution in [1.29, 1.82) is 0 Å². The number of hydrogen-bond acceptors (Lipinski definition) is 4. The summed E-state index contributed by atoms with van der Waals surface area (Å²) in [6.07, 6.45) is 5.07. The van der Waals surface area contributed by atoms with E-state index in [4.69, 9.17) is 4.52 Å². The monoisotopic (exact) mass is 561 g/mol. The molecule has 3 heterocycles. The Morgan fingerprint density at radius 3 is 2.54 bits per heavy atom. The predicted octanol–water partition coefficient (Wildman–Crippen LogP) is 7.89. The van der Waals surface area contributed by atoms with Gasteiger partial charge in [0.15, 0.2) is 0 Å². The number of aryl methyl sites for hydroxylation is 1. The van der Waals surface area contributed by atoms with E-state index in [1.54, 1.807) is 12.3 Å². The summed E-state index contributed by atoms with van der Waals surface area (Å²) in [5.41, 5.74) is 4.10. The Kier molecular flexibility index (Phi) is 5.85. The van der Waals surface area contributed by atoms with Crippen LogP contribution in [0.3, 0.4) is 0 Å². The van der Waals surface area contributed by atoms with Crippen LogP contribution < -0.4 is 4.90 Å². The molecule has 9 heteroatoms. The van der Waals surface area contributed by atoms with Gasteiger partial charge in [0.1, 0.15) is 11.5 Å². The van der Waals surface area contributed by atoms with Gasteiger partial charge in [-0.15, -0.1) is 0 Å². The molecular formula is C32H30F3N3O3. The Morgan fingerprint density at radius 1 is 1.12 bits per heavy atom. The third-order valence-corrected chi connectivity index (χ3v) is 9.14. The van der Waals surface area contributed by atoms with Gasteiger partial charge in [0.25, 0.3) is 0 Å². The molecule has 1 spiro atoms. The van der Waals surface area contributed by atoms with Gasteiger partial charge < -0.3 is 19.1 Å². The fourth-order valence-electron chi connectivity index (χ4n) is 6.77. The van der Waals surface area contributed by atoms with E-state index in [0.717, 1.165) is 74.3 Å². The Bertz CT molecular complexity index is 1690. The van der Waals surface area contributed by atoms with Crippen molar-refractivity contribution in [2.24, 2.45) is 12.5 Å². The van der Waals surface area contributed by atoms with Crippen molar-refractivity contribution in [2.75, 3.05) is 18.0 Å². The normalized spacial score (nSPS) is 18.6. The van der Waals surface area contributed by atoms with E-state index in [2.05, 4.69) is 16.1 Å². The van der Waals surface area contributed by atoms with Crippen LogP contribution in [-0.4, -0.2) is 33.9 Å². The topological polar surface area (TPSA) is 71.5 Å². The number of nitrogens with zero attached hydrogens (tertiary/aromatic N) is 3. The molecule has 1 aliphatic heterocycles. The van der Waals surface area contributed by atoms with Crippen LogP contribution in [0.2, 0.25) is 0 Å². The summed E-state index contributed by atoms with van der Waals surface area (Å²) >= 11 is 0. The lowest BCUT2D eigenvalue weighted by atomic mass is 9.60. The Labute approximate surface area is 235 Å². The summed E-state index contributed by atoms with van der Waals surface area (Å²) in [5, 5.41) is 14.4. The maximum absolute atomic E-state index is 13.8. The number of piperidine rings is 1. The minimum absolute atomic E-state index is 0.0653. The van der Waals surface area contributed by atoms with Gasteiger partial charge in [-0.25, -0.2) is 4.79 Å². The molecule has 0 bridgehead atoms. The molecule has 2 aliphatic carbocycles. The minimum Gasteiger partial charge on any atom is -0.478 e. The number of anilines is 1. The summed E-state index contributed by atoms with van der Waals surface area (Å²) < 4.78 is 48.9. The van der Waals surface area contributed by atoms with Crippen LogP contribution in [0.15, 0.2) is 58.8 Å². The third-order valence-electron chi connectivity index (χ3n) is 9.14. The van der Waals surface area contributed by atoms with Gasteiger partial charge in [-0.05, 0) is 74.3 Å². The molecule has 1 saturated heterocycles. The van der Waals surface area contributed by atoms with E-state index in [1.165, 1.54) is 17.7 Å². The number of carboxylic acids is 1. The molecule has 3 fully saturated rings. The Morgan fingerprint density at radius 2 is 1.85 bits per heavy atom. The molecule has 7 rings (SSSR count). The van der Waals surface area contributed by atoms with Crippen LogP contribution in [0.25, 0.3) is 28.2 Å². The largest absolute Gasteiger partial charge is 0.478 e. The molecule has 3 aliphatic rings. The molecule has 0 radical (unpaired) electrons. The number of carbonyl (C=O) groups is 1. The molecule has 1 N–H and O–H groups in total. The summed E-state index contributed by atoms with van der Waals surface area (Å²) in [7, 11) is 1.86. The van der Waals surface area contributed by atoms with Crippen LogP contribution in [-0.2, 0) is 13.2 Å². The molecule has 2 aromatic carbocycles. The highest BCUT2D eigenvalue weighted by atomic mass is 19.4. The van der Waals surface area contributed by atoms with E-state index >= 15 is 0 Å². The SMILES string of the molecule is Cn1cc(C(=O)O)c2ccc(N3CCC4(CC3)CC(=Cc3c(-c5ccccc5C(F)(F)F)noc3C3CC3)C4)cc21. The molecule has 0 atom stereocenters. The standard InChI is InChI=1S/C32H30F3N3O3/c1-37-18-25(30(39)40)22-9-8-21(15-27(22)37)38-12-10-31(11-13-38)16-19(17-31)14-24-28(36-41-29(24)20-6-7-20)23-4-2-3-5-26(23)32(33,34)35/h2-5,8-9,14-15,18,20H,6-7,10-13,16-17H2,1H3,(H,39,40). The molecule has 41 heavy (non-hydrogen) atoms. The lowest BCUT2D eigenvalue weighted by Gasteiger charge is -2.50. The first-order valence-electron chi connectivity index (χ1n) is 14.0. The van der Waals surface area contributed by atoms with Crippen molar-refractivity contribution in [3.8, 4) is 11.3 Å². The zero-order valence-corrected chi connectivity index (χ0v) is 22.7. The minimum atomic E-state index is -4.47. The second-order valence-electron chi connectivity index (χ2n) is 11.9. The predicted molar refractivity (Wildman–Crippen MR) is 150 cm³/mol. The number of benzene rings is 2. The summed E-state index contributed by atoms with van der Waals surface area (Å²) in [6.45, 7) is 1.81. The molecule has 0 amide bonds. The first-order valence-corrected chi connectivity index (χ1v) is 14.0. The molecular weight excluding hydrogens is 531 g/mol. The molecule has 4 aromatic rings. The number of aromatic nitrogens is 2. The van der Waals surface area contributed by atoms with E-state index < -0.39 is 17.7 Å². The van der Waals surface area contributed by atoms with Crippen LogP contribution in [0.1, 0.15) is 71.7 Å². The number of allylic oxidation sites excluding steroid dienone is 1. The average Bonchev–Trinajstić information content (AvgIpc) is 3.61. The molecule has 212 valence electrons. The van der Waals surface area contributed by atoms with Crippen molar-refractivity contribution in [3.63, 3.8) is 0 Å². The zero-order valence-electron chi connectivity index (χ0n) is 22.7. The Hall–Kier alpha value is -4.01. The van der Waals surface area contributed by atoms with Crippen molar-refractivity contribution in [1.82, 2.24) is 9.72 Å². The number of rotatable bonds is 5. The first-order chi connectivity index (χ1) is 19.6. The van der Waals surface area contributed by atoms with Gasteiger partial charge in [0, 0.05) is 54.5 Å². The number of halogens is 3. The quantitative estimate of drug-likeness (QED) is 0.268. The van der Waals surface area contributed by atoms with Gasteiger partial charge in [-0.3, -0.25) is 0 Å². The van der Waals surface area contributed by atoms with E-state index in [0.29, 0.717) is 16.9 Å². The average molecular weight is 562 g/mol. The number of alkyl halides is 3. The van der Waals surface area contributed by atoms with Crippen molar-refractivity contribution in [3.05, 3.63) is 76.7 Å². The number of hydrogen-bond donors (Lipinski definition) is 1. The van der Waals surface area contributed by atoms with Gasteiger partial charge in [0.05, 0.1) is 16.6 Å². The van der Waals surface area contributed by atoms with Crippen molar-refractivity contribution >= 4 is 28.6 Å². The lowest BCUT2D eigenvalue weighted by Crippen LogP contribution is -2.44. The van der Waals surface area contributed by atoms with E-state index in [1.807, 2.05) is 29.8 Å².